The van der Waals surface area contributed by atoms with E-state index in [2.05, 4.69) is 0 Å². The SMILES string of the molecule is COc1ccc(OCCC(=O)N2CC(O)C(O)C2)cc1. The first-order chi connectivity index (χ1) is 9.60. The lowest BCUT2D eigenvalue weighted by atomic mass is 10.3. The van der Waals surface area contributed by atoms with E-state index < -0.39 is 12.2 Å². The number of methoxy groups -OCH3 is 1. The van der Waals surface area contributed by atoms with Gasteiger partial charge in [0.2, 0.25) is 5.91 Å². The molecule has 20 heavy (non-hydrogen) atoms. The van der Waals surface area contributed by atoms with Gasteiger partial charge in [-0.3, -0.25) is 4.79 Å². The summed E-state index contributed by atoms with van der Waals surface area (Å²) in [6.45, 7) is 0.624. The molecule has 0 saturated carbocycles. The van der Waals surface area contributed by atoms with Gasteiger partial charge in [0.25, 0.3) is 0 Å². The summed E-state index contributed by atoms with van der Waals surface area (Å²) >= 11 is 0. The van der Waals surface area contributed by atoms with Gasteiger partial charge in [-0.25, -0.2) is 0 Å². The van der Waals surface area contributed by atoms with Crippen molar-refractivity contribution >= 4 is 5.91 Å². The molecule has 6 nitrogen and oxygen atoms in total. The van der Waals surface area contributed by atoms with E-state index in [1.165, 1.54) is 4.90 Å². The van der Waals surface area contributed by atoms with Gasteiger partial charge in [0.15, 0.2) is 0 Å². The minimum Gasteiger partial charge on any atom is -0.497 e. The first kappa shape index (κ1) is 14.6. The number of nitrogens with zero attached hydrogens (tertiary/aromatic N) is 1. The molecule has 1 aromatic carbocycles. The second-order valence-electron chi connectivity index (χ2n) is 4.71. The monoisotopic (exact) mass is 281 g/mol. The molecule has 1 fully saturated rings. The number of aliphatic hydroxyl groups is 2. The molecule has 2 unspecified atom stereocenters. The Labute approximate surface area is 117 Å². The predicted octanol–water partition coefficient (Wildman–Crippen LogP) is 0.0281. The van der Waals surface area contributed by atoms with Crippen LogP contribution in [-0.4, -0.2) is 60.0 Å². The number of amides is 1. The Morgan fingerprint density at radius 2 is 1.75 bits per heavy atom. The molecule has 1 aliphatic heterocycles. The Kier molecular flexibility index (Phi) is 4.81. The Balaban J connectivity index is 1.73. The molecule has 2 atom stereocenters. The van der Waals surface area contributed by atoms with Crippen LogP contribution < -0.4 is 9.47 Å². The second-order valence-corrected chi connectivity index (χ2v) is 4.71. The van der Waals surface area contributed by atoms with Crippen LogP contribution in [0.15, 0.2) is 24.3 Å². The lowest BCUT2D eigenvalue weighted by Gasteiger charge is -2.15. The highest BCUT2D eigenvalue weighted by Crippen LogP contribution is 2.17. The fourth-order valence-electron chi connectivity index (χ4n) is 2.06. The first-order valence-corrected chi connectivity index (χ1v) is 6.51. The average molecular weight is 281 g/mol. The second kappa shape index (κ2) is 6.58. The number of aliphatic hydroxyl groups excluding tert-OH is 2. The highest BCUT2D eigenvalue weighted by molar-refractivity contribution is 5.76. The third-order valence-electron chi connectivity index (χ3n) is 3.26. The fourth-order valence-corrected chi connectivity index (χ4v) is 2.06. The summed E-state index contributed by atoms with van der Waals surface area (Å²) < 4.78 is 10.5. The van der Waals surface area contributed by atoms with Crippen LogP contribution in [0.3, 0.4) is 0 Å². The Morgan fingerprint density at radius 1 is 1.20 bits per heavy atom. The van der Waals surface area contributed by atoms with E-state index in [9.17, 15) is 15.0 Å². The molecular formula is C14H19NO5. The van der Waals surface area contributed by atoms with Crippen LogP contribution in [0.25, 0.3) is 0 Å². The van der Waals surface area contributed by atoms with Crippen molar-refractivity contribution in [1.29, 1.82) is 0 Å². The van der Waals surface area contributed by atoms with Crippen molar-refractivity contribution in [2.24, 2.45) is 0 Å². The van der Waals surface area contributed by atoms with E-state index in [1.54, 1.807) is 31.4 Å². The molecule has 0 bridgehead atoms. The van der Waals surface area contributed by atoms with Gasteiger partial charge >= 0.3 is 0 Å². The van der Waals surface area contributed by atoms with Crippen LogP contribution in [-0.2, 0) is 4.79 Å². The molecule has 1 saturated heterocycles. The minimum atomic E-state index is -0.846. The molecule has 2 rings (SSSR count). The number of benzene rings is 1. The van der Waals surface area contributed by atoms with Gasteiger partial charge in [0.1, 0.15) is 11.5 Å². The summed E-state index contributed by atoms with van der Waals surface area (Å²) in [5.74, 6) is 1.28. The van der Waals surface area contributed by atoms with Crippen LogP contribution in [0.2, 0.25) is 0 Å². The smallest absolute Gasteiger partial charge is 0.226 e. The molecule has 1 aliphatic rings. The molecule has 0 aliphatic carbocycles. The molecule has 1 aromatic rings. The van der Waals surface area contributed by atoms with Crippen molar-refractivity contribution in [1.82, 2.24) is 4.90 Å². The maximum absolute atomic E-state index is 11.8. The van der Waals surface area contributed by atoms with E-state index in [0.29, 0.717) is 5.75 Å². The molecule has 1 amide bonds. The van der Waals surface area contributed by atoms with E-state index in [4.69, 9.17) is 9.47 Å². The summed E-state index contributed by atoms with van der Waals surface area (Å²) in [7, 11) is 1.59. The largest absolute Gasteiger partial charge is 0.497 e. The molecule has 2 N–H and O–H groups in total. The number of β-amino-alcohol motifs (C(OH)–C–C–N with tert-alkyl or cyclic N) is 2. The standard InChI is InChI=1S/C14H19NO5/c1-19-10-2-4-11(5-3-10)20-7-6-14(18)15-8-12(16)13(17)9-15/h2-5,12-13,16-17H,6-9H2,1H3. The van der Waals surface area contributed by atoms with Gasteiger partial charge in [0.05, 0.1) is 32.3 Å². The van der Waals surface area contributed by atoms with Crippen molar-refractivity contribution in [3.8, 4) is 11.5 Å². The number of ether oxygens (including phenoxy) is 2. The number of carbonyl (C=O) groups excluding carboxylic acids is 1. The summed E-state index contributed by atoms with van der Waals surface area (Å²) in [4.78, 5) is 13.3. The molecule has 110 valence electrons. The van der Waals surface area contributed by atoms with Gasteiger partial charge in [-0.05, 0) is 24.3 Å². The average Bonchev–Trinajstić information content (AvgIpc) is 2.79. The predicted molar refractivity (Wildman–Crippen MR) is 71.7 cm³/mol. The zero-order chi connectivity index (χ0) is 14.5. The molecule has 0 radical (unpaired) electrons. The third kappa shape index (κ3) is 3.61. The van der Waals surface area contributed by atoms with Gasteiger partial charge in [-0.2, -0.15) is 0 Å². The number of carbonyl (C=O) groups is 1. The number of hydrogen-bond donors (Lipinski definition) is 2. The van der Waals surface area contributed by atoms with Gasteiger partial charge in [-0.15, -0.1) is 0 Å². The van der Waals surface area contributed by atoms with Crippen LogP contribution in [0.1, 0.15) is 6.42 Å². The quantitative estimate of drug-likeness (QED) is 0.796. The topological polar surface area (TPSA) is 79.2 Å². The van der Waals surface area contributed by atoms with Crippen LogP contribution >= 0.6 is 0 Å². The van der Waals surface area contributed by atoms with Gasteiger partial charge < -0.3 is 24.6 Å². The van der Waals surface area contributed by atoms with E-state index >= 15 is 0 Å². The minimum absolute atomic E-state index is 0.130. The van der Waals surface area contributed by atoms with Gasteiger partial charge in [0, 0.05) is 13.1 Å². The molecule has 0 aromatic heterocycles. The molecular weight excluding hydrogens is 262 g/mol. The number of rotatable bonds is 5. The maximum atomic E-state index is 11.8. The maximum Gasteiger partial charge on any atom is 0.226 e. The van der Waals surface area contributed by atoms with E-state index in [0.717, 1.165) is 5.75 Å². The zero-order valence-electron chi connectivity index (χ0n) is 11.4. The lowest BCUT2D eigenvalue weighted by molar-refractivity contribution is -0.131. The molecule has 6 heteroatoms. The van der Waals surface area contributed by atoms with Crippen LogP contribution in [0.5, 0.6) is 11.5 Å². The Bertz CT molecular complexity index is 437. The van der Waals surface area contributed by atoms with Crippen molar-refractivity contribution in [3.63, 3.8) is 0 Å². The summed E-state index contributed by atoms with van der Waals surface area (Å²) in [6.07, 6.45) is -1.48. The van der Waals surface area contributed by atoms with Crippen molar-refractivity contribution in [2.75, 3.05) is 26.8 Å². The molecule has 0 spiro atoms. The first-order valence-electron chi connectivity index (χ1n) is 6.51. The lowest BCUT2D eigenvalue weighted by Crippen LogP contribution is -2.30. The summed E-state index contributed by atoms with van der Waals surface area (Å²) in [6, 6.07) is 7.11. The number of hydrogen-bond acceptors (Lipinski definition) is 5. The highest BCUT2D eigenvalue weighted by atomic mass is 16.5. The third-order valence-corrected chi connectivity index (χ3v) is 3.26. The van der Waals surface area contributed by atoms with Crippen molar-refractivity contribution in [2.45, 2.75) is 18.6 Å². The van der Waals surface area contributed by atoms with Crippen molar-refractivity contribution in [3.05, 3.63) is 24.3 Å². The number of likely N-dealkylation sites (tertiary alicyclic amines) is 1. The van der Waals surface area contributed by atoms with E-state index in [1.807, 2.05) is 0 Å². The summed E-state index contributed by atoms with van der Waals surface area (Å²) in [5, 5.41) is 18.8. The van der Waals surface area contributed by atoms with Crippen LogP contribution in [0, 0.1) is 0 Å². The fraction of sp³-hybridized carbons (Fsp3) is 0.500. The Hall–Kier alpha value is -1.79. The van der Waals surface area contributed by atoms with Crippen LogP contribution in [0.4, 0.5) is 0 Å². The zero-order valence-corrected chi connectivity index (χ0v) is 11.4. The van der Waals surface area contributed by atoms with Crippen molar-refractivity contribution < 1.29 is 24.5 Å². The summed E-state index contributed by atoms with van der Waals surface area (Å²) in [5.41, 5.74) is 0. The normalized spacial score (nSPS) is 21.9. The Morgan fingerprint density at radius 3 is 2.30 bits per heavy atom. The molecule has 1 heterocycles. The van der Waals surface area contributed by atoms with Gasteiger partial charge in [-0.1, -0.05) is 0 Å². The van der Waals surface area contributed by atoms with E-state index in [-0.39, 0.29) is 32.0 Å². The highest BCUT2D eigenvalue weighted by Gasteiger charge is 2.32.